The highest BCUT2D eigenvalue weighted by Gasteiger charge is 2.29. The molecule has 1 amide bonds. The Morgan fingerprint density at radius 1 is 1.39 bits per heavy atom. The highest BCUT2D eigenvalue weighted by Crippen LogP contribution is 2.13. The van der Waals surface area contributed by atoms with Crippen LogP contribution in [0.4, 0.5) is 0 Å². The minimum Gasteiger partial charge on any atom is -0.467 e. The van der Waals surface area contributed by atoms with Crippen molar-refractivity contribution in [1.29, 1.82) is 0 Å². The molecule has 1 aliphatic rings. The molecule has 0 aromatic heterocycles. The third kappa shape index (κ3) is 5.14. The number of nitrogens with one attached hydrogen (secondary N) is 1. The van der Waals surface area contributed by atoms with E-state index in [2.05, 4.69) is 5.32 Å². The number of carbonyl (C=O) groups is 2. The molecule has 1 aromatic carbocycles. The molecule has 0 spiro atoms. The maximum absolute atomic E-state index is 12.2. The molecule has 0 bridgehead atoms. The van der Waals surface area contributed by atoms with Crippen LogP contribution in [-0.2, 0) is 29.9 Å². The monoisotopic (exact) mass is 339 g/mol. The van der Waals surface area contributed by atoms with Crippen molar-refractivity contribution in [1.82, 2.24) is 5.32 Å². The molecular weight excluding hydrogens is 318 g/mol. The molecule has 0 aliphatic carbocycles. The summed E-state index contributed by atoms with van der Waals surface area (Å²) in [5, 5.41) is 2.64. The molecule has 23 heavy (non-hydrogen) atoms. The smallest absolute Gasteiger partial charge is 0.328 e. The Morgan fingerprint density at radius 2 is 2.13 bits per heavy atom. The van der Waals surface area contributed by atoms with E-state index in [1.54, 1.807) is 12.1 Å². The van der Waals surface area contributed by atoms with Crippen molar-refractivity contribution in [2.24, 2.45) is 0 Å². The van der Waals surface area contributed by atoms with Crippen LogP contribution >= 0.6 is 0 Å². The number of rotatable bonds is 7. The van der Waals surface area contributed by atoms with Crippen LogP contribution in [0.15, 0.2) is 35.2 Å². The molecule has 1 aliphatic heterocycles. The van der Waals surface area contributed by atoms with Crippen molar-refractivity contribution < 1.29 is 23.3 Å². The van der Waals surface area contributed by atoms with Crippen LogP contribution < -0.4 is 5.32 Å². The van der Waals surface area contributed by atoms with Gasteiger partial charge in [-0.15, -0.1) is 0 Å². The summed E-state index contributed by atoms with van der Waals surface area (Å²) >= 11 is 0. The van der Waals surface area contributed by atoms with Crippen LogP contribution in [0.5, 0.6) is 0 Å². The van der Waals surface area contributed by atoms with Gasteiger partial charge in [0, 0.05) is 17.3 Å². The average Bonchev–Trinajstić information content (AvgIpc) is 3.13. The maximum Gasteiger partial charge on any atom is 0.328 e. The molecule has 1 heterocycles. The molecule has 3 atom stereocenters. The third-order valence-electron chi connectivity index (χ3n) is 3.62. The van der Waals surface area contributed by atoms with Gasteiger partial charge in [0.2, 0.25) is 5.91 Å². The van der Waals surface area contributed by atoms with Gasteiger partial charge in [-0.25, -0.2) is 4.79 Å². The number of benzene rings is 1. The van der Waals surface area contributed by atoms with Crippen molar-refractivity contribution in [3.05, 3.63) is 30.3 Å². The summed E-state index contributed by atoms with van der Waals surface area (Å²) in [6.07, 6.45) is 1.21. The standard InChI is InChI=1S/C16H21NO5S/c1-21-16(19)13(17-15(18)14-8-5-10-22-14)9-11-23(20)12-6-3-2-4-7-12/h2-4,6-7,13-14H,5,8-11H2,1H3,(H,17,18)/t13-,14+,23-/m0/s1. The Hall–Kier alpha value is -1.73. The van der Waals surface area contributed by atoms with Gasteiger partial charge in [0.15, 0.2) is 0 Å². The van der Waals surface area contributed by atoms with E-state index in [4.69, 9.17) is 9.47 Å². The number of carbonyl (C=O) groups excluding carboxylic acids is 2. The Bertz CT molecular complexity index is 557. The van der Waals surface area contributed by atoms with Gasteiger partial charge >= 0.3 is 5.97 Å². The second-order valence-corrected chi connectivity index (χ2v) is 6.81. The summed E-state index contributed by atoms with van der Waals surface area (Å²) in [7, 11) is 0.0360. The molecule has 1 N–H and O–H groups in total. The summed E-state index contributed by atoms with van der Waals surface area (Å²) in [6.45, 7) is 0.555. The first-order chi connectivity index (χ1) is 11.1. The van der Waals surface area contributed by atoms with Gasteiger partial charge in [0.1, 0.15) is 12.1 Å². The quantitative estimate of drug-likeness (QED) is 0.750. The highest BCUT2D eigenvalue weighted by molar-refractivity contribution is 7.85. The zero-order chi connectivity index (χ0) is 16.7. The third-order valence-corrected chi connectivity index (χ3v) is 5.03. The number of hydrogen-bond donors (Lipinski definition) is 1. The fourth-order valence-corrected chi connectivity index (χ4v) is 3.50. The first kappa shape index (κ1) is 17.6. The van der Waals surface area contributed by atoms with Crippen molar-refractivity contribution >= 4 is 22.7 Å². The first-order valence-electron chi connectivity index (χ1n) is 7.55. The molecule has 0 radical (unpaired) electrons. The van der Waals surface area contributed by atoms with E-state index < -0.39 is 28.9 Å². The molecule has 0 saturated carbocycles. The van der Waals surface area contributed by atoms with Gasteiger partial charge in [-0.2, -0.15) is 0 Å². The van der Waals surface area contributed by atoms with Gasteiger partial charge in [-0.1, -0.05) is 18.2 Å². The summed E-state index contributed by atoms with van der Waals surface area (Å²) in [5.74, 6) is -0.597. The second-order valence-electron chi connectivity index (χ2n) is 5.24. The molecule has 1 fully saturated rings. The number of ether oxygens (including phenoxy) is 2. The lowest BCUT2D eigenvalue weighted by Gasteiger charge is -2.18. The normalized spacial score (nSPS) is 19.8. The van der Waals surface area contributed by atoms with Crippen LogP contribution in [-0.4, -0.2) is 47.7 Å². The number of hydrogen-bond acceptors (Lipinski definition) is 5. The minimum atomic E-state index is -1.23. The van der Waals surface area contributed by atoms with Crippen LogP contribution in [0.1, 0.15) is 19.3 Å². The summed E-state index contributed by atoms with van der Waals surface area (Å²) in [5.41, 5.74) is 0. The van der Waals surface area contributed by atoms with Crippen LogP contribution in [0.3, 0.4) is 0 Å². The van der Waals surface area contributed by atoms with Crippen LogP contribution in [0, 0.1) is 0 Å². The van der Waals surface area contributed by atoms with Crippen LogP contribution in [0.2, 0.25) is 0 Å². The lowest BCUT2D eigenvalue weighted by atomic mass is 10.2. The molecule has 1 aromatic rings. The van der Waals surface area contributed by atoms with E-state index in [-0.39, 0.29) is 18.1 Å². The minimum absolute atomic E-state index is 0.243. The lowest BCUT2D eigenvalue weighted by Crippen LogP contribution is -2.46. The van der Waals surface area contributed by atoms with Crippen molar-refractivity contribution in [2.45, 2.75) is 36.3 Å². The van der Waals surface area contributed by atoms with Crippen molar-refractivity contribution in [3.8, 4) is 0 Å². The van der Waals surface area contributed by atoms with Crippen LogP contribution in [0.25, 0.3) is 0 Å². The lowest BCUT2D eigenvalue weighted by molar-refractivity contribution is -0.146. The second kappa shape index (κ2) is 8.79. The van der Waals surface area contributed by atoms with E-state index in [1.165, 1.54) is 7.11 Å². The Labute approximate surface area is 138 Å². The number of amides is 1. The van der Waals surface area contributed by atoms with Gasteiger partial charge < -0.3 is 14.8 Å². The van der Waals surface area contributed by atoms with E-state index in [0.29, 0.717) is 17.9 Å². The van der Waals surface area contributed by atoms with Gasteiger partial charge in [-0.3, -0.25) is 9.00 Å². The summed E-state index contributed by atoms with van der Waals surface area (Å²) in [6, 6.07) is 8.20. The predicted octanol–water partition coefficient (Wildman–Crippen LogP) is 1.02. The molecule has 7 heteroatoms. The highest BCUT2D eigenvalue weighted by atomic mass is 32.2. The molecular formula is C16H21NO5S. The molecule has 126 valence electrons. The summed E-state index contributed by atoms with van der Waals surface area (Å²) < 4.78 is 22.2. The SMILES string of the molecule is COC(=O)[C@H](CC[S@](=O)c1ccccc1)NC(=O)[C@H]1CCCO1. The summed E-state index contributed by atoms with van der Waals surface area (Å²) in [4.78, 5) is 24.6. The average molecular weight is 339 g/mol. The van der Waals surface area contributed by atoms with E-state index in [1.807, 2.05) is 18.2 Å². The molecule has 1 saturated heterocycles. The Kier molecular flexibility index (Phi) is 6.73. The van der Waals surface area contributed by atoms with Gasteiger partial charge in [0.25, 0.3) is 0 Å². The van der Waals surface area contributed by atoms with E-state index in [9.17, 15) is 13.8 Å². The largest absolute Gasteiger partial charge is 0.467 e. The maximum atomic E-state index is 12.2. The van der Waals surface area contributed by atoms with E-state index in [0.717, 1.165) is 6.42 Å². The van der Waals surface area contributed by atoms with Gasteiger partial charge in [-0.05, 0) is 31.4 Å². The Morgan fingerprint density at radius 3 is 2.74 bits per heavy atom. The fourth-order valence-electron chi connectivity index (χ4n) is 2.36. The zero-order valence-electron chi connectivity index (χ0n) is 13.0. The number of esters is 1. The number of methoxy groups -OCH3 is 1. The van der Waals surface area contributed by atoms with Gasteiger partial charge in [0.05, 0.1) is 17.9 Å². The van der Waals surface area contributed by atoms with Crippen molar-refractivity contribution in [3.63, 3.8) is 0 Å². The molecule has 0 unspecified atom stereocenters. The predicted molar refractivity (Wildman–Crippen MR) is 85.3 cm³/mol. The topological polar surface area (TPSA) is 81.7 Å². The Balaban J connectivity index is 1.91. The molecule has 2 rings (SSSR count). The van der Waals surface area contributed by atoms with E-state index >= 15 is 0 Å². The molecule has 6 nitrogen and oxygen atoms in total. The zero-order valence-corrected chi connectivity index (χ0v) is 13.8. The fraction of sp³-hybridized carbons (Fsp3) is 0.500. The van der Waals surface area contributed by atoms with Crippen molar-refractivity contribution in [2.75, 3.05) is 19.5 Å². The first-order valence-corrected chi connectivity index (χ1v) is 8.87.